The fourth-order valence-corrected chi connectivity index (χ4v) is 1.00. The van der Waals surface area contributed by atoms with Gasteiger partial charge in [-0.2, -0.15) is 0 Å². The van der Waals surface area contributed by atoms with Crippen molar-refractivity contribution in [1.82, 2.24) is 0 Å². The maximum atomic E-state index is 12.9. The monoisotopic (exact) mass is 174 g/mol. The molecule has 0 saturated carbocycles. The van der Waals surface area contributed by atoms with Crippen molar-refractivity contribution in [2.24, 2.45) is 0 Å². The molecule has 1 aromatic rings. The van der Waals surface area contributed by atoms with Gasteiger partial charge in [-0.15, -0.1) is 0 Å². The van der Waals surface area contributed by atoms with Crippen molar-refractivity contribution in [3.8, 4) is 5.75 Å². The number of rotatable bonds is 1. The average molecular weight is 175 g/mol. The maximum absolute atomic E-state index is 12.9. The summed E-state index contributed by atoms with van der Waals surface area (Å²) in [5, 5.41) is 9.07. The summed E-state index contributed by atoms with van der Waals surface area (Å²) in [5.74, 6) is -1.06. The highest BCUT2D eigenvalue weighted by Gasteiger charge is 2.08. The average Bonchev–Trinajstić information content (AvgIpc) is 2.01. The second kappa shape index (κ2) is 3.09. The van der Waals surface area contributed by atoms with Gasteiger partial charge in [0, 0.05) is 0 Å². The van der Waals surface area contributed by atoms with Gasteiger partial charge in [0.15, 0.2) is 11.6 Å². The summed E-state index contributed by atoms with van der Waals surface area (Å²) in [6, 6.07) is 3.05. The first-order valence-corrected chi connectivity index (χ1v) is 3.70. The first kappa shape index (κ1) is 8.34. The summed E-state index contributed by atoms with van der Waals surface area (Å²) in [4.78, 5) is 0. The van der Waals surface area contributed by atoms with Gasteiger partial charge in [0.1, 0.15) is 0 Å². The van der Waals surface area contributed by atoms with Crippen molar-refractivity contribution < 1.29 is 9.50 Å². The largest absolute Gasteiger partial charge is 0.504 e. The normalized spacial score (nSPS) is 10.1. The molecular weight excluding hydrogens is 167 g/mol. The molecule has 0 heterocycles. The summed E-state index contributed by atoms with van der Waals surface area (Å²) in [5.41, 5.74) is 0.479. The first-order valence-electron chi connectivity index (χ1n) is 3.32. The third-order valence-corrected chi connectivity index (χ3v) is 1.83. The molecule has 0 fully saturated rings. The number of aryl methyl sites for hydroxylation is 1. The van der Waals surface area contributed by atoms with Crippen molar-refractivity contribution in [1.29, 1.82) is 0 Å². The van der Waals surface area contributed by atoms with E-state index in [4.69, 9.17) is 16.7 Å². The molecule has 1 aromatic carbocycles. The van der Waals surface area contributed by atoms with Gasteiger partial charge in [-0.05, 0) is 18.1 Å². The molecule has 0 bridgehead atoms. The molecule has 0 aromatic heterocycles. The minimum Gasteiger partial charge on any atom is -0.504 e. The molecule has 1 nitrogen and oxygen atoms in total. The predicted molar refractivity (Wildman–Crippen MR) is 42.5 cm³/mol. The second-order valence-electron chi connectivity index (χ2n) is 2.22. The Labute approximate surface area is 69.4 Å². The number of hydrogen-bond acceptors (Lipinski definition) is 1. The third kappa shape index (κ3) is 1.46. The molecule has 1 N–H and O–H groups in total. The van der Waals surface area contributed by atoms with Crippen LogP contribution in [0.4, 0.5) is 4.39 Å². The Kier molecular flexibility index (Phi) is 2.35. The summed E-state index contributed by atoms with van der Waals surface area (Å²) in [6.45, 7) is 1.81. The Balaban J connectivity index is 3.25. The van der Waals surface area contributed by atoms with Gasteiger partial charge in [0.25, 0.3) is 0 Å². The van der Waals surface area contributed by atoms with Crippen LogP contribution in [0.5, 0.6) is 5.75 Å². The zero-order valence-electron chi connectivity index (χ0n) is 6.06. The van der Waals surface area contributed by atoms with Crippen molar-refractivity contribution >= 4 is 11.6 Å². The molecule has 0 atom stereocenters. The van der Waals surface area contributed by atoms with Crippen LogP contribution in [0, 0.1) is 5.82 Å². The Morgan fingerprint density at radius 2 is 2.18 bits per heavy atom. The minimum absolute atomic E-state index is 0.0553. The van der Waals surface area contributed by atoms with Gasteiger partial charge in [0.2, 0.25) is 0 Å². The second-order valence-corrected chi connectivity index (χ2v) is 2.63. The highest BCUT2D eigenvalue weighted by Crippen LogP contribution is 2.28. The van der Waals surface area contributed by atoms with Gasteiger partial charge in [0.05, 0.1) is 5.02 Å². The smallest absolute Gasteiger partial charge is 0.170 e. The van der Waals surface area contributed by atoms with Crippen LogP contribution < -0.4 is 0 Å². The van der Waals surface area contributed by atoms with E-state index in [1.807, 2.05) is 6.92 Å². The molecule has 0 aliphatic heterocycles. The molecular formula is C8H8ClFO. The molecule has 0 aliphatic carbocycles. The molecule has 0 amide bonds. The Bertz CT molecular complexity index is 273. The summed E-state index contributed by atoms with van der Waals surface area (Å²) < 4.78 is 12.9. The van der Waals surface area contributed by atoms with Gasteiger partial charge < -0.3 is 5.11 Å². The lowest BCUT2D eigenvalue weighted by Crippen LogP contribution is -1.87. The van der Waals surface area contributed by atoms with E-state index in [2.05, 4.69) is 0 Å². The van der Waals surface area contributed by atoms with Crippen LogP contribution in [0.3, 0.4) is 0 Å². The molecule has 1 rings (SSSR count). The molecule has 0 spiro atoms. The van der Waals surface area contributed by atoms with Crippen molar-refractivity contribution in [3.63, 3.8) is 0 Å². The van der Waals surface area contributed by atoms with Gasteiger partial charge in [-0.25, -0.2) is 4.39 Å². The third-order valence-electron chi connectivity index (χ3n) is 1.53. The lowest BCUT2D eigenvalue weighted by Gasteiger charge is -2.02. The highest BCUT2D eigenvalue weighted by atomic mass is 35.5. The number of phenolic OH excluding ortho intramolecular Hbond substituents is 1. The van der Waals surface area contributed by atoms with Crippen LogP contribution in [-0.4, -0.2) is 5.11 Å². The quantitative estimate of drug-likeness (QED) is 0.694. The van der Waals surface area contributed by atoms with Gasteiger partial charge in [-0.1, -0.05) is 24.6 Å². The molecule has 11 heavy (non-hydrogen) atoms. The summed E-state index contributed by atoms with van der Waals surface area (Å²) in [7, 11) is 0. The van der Waals surface area contributed by atoms with E-state index in [9.17, 15) is 4.39 Å². The number of benzene rings is 1. The van der Waals surface area contributed by atoms with E-state index < -0.39 is 11.6 Å². The Morgan fingerprint density at radius 1 is 1.55 bits per heavy atom. The van der Waals surface area contributed by atoms with E-state index in [0.29, 0.717) is 12.0 Å². The van der Waals surface area contributed by atoms with Crippen molar-refractivity contribution in [2.45, 2.75) is 13.3 Å². The number of phenols is 1. The fourth-order valence-electron chi connectivity index (χ4n) is 0.856. The SMILES string of the molecule is CCc1ccc(Cl)c(O)c1F. The van der Waals surface area contributed by atoms with E-state index in [0.717, 1.165) is 0 Å². The lowest BCUT2D eigenvalue weighted by atomic mass is 10.1. The van der Waals surface area contributed by atoms with Crippen LogP contribution in [0.2, 0.25) is 5.02 Å². The summed E-state index contributed by atoms with van der Waals surface area (Å²) in [6.07, 6.45) is 0.552. The number of halogens is 2. The lowest BCUT2D eigenvalue weighted by molar-refractivity contribution is 0.429. The van der Waals surface area contributed by atoms with E-state index in [1.165, 1.54) is 6.07 Å². The van der Waals surface area contributed by atoms with Gasteiger partial charge >= 0.3 is 0 Å². The van der Waals surface area contributed by atoms with Crippen LogP contribution >= 0.6 is 11.6 Å². The van der Waals surface area contributed by atoms with Crippen LogP contribution in [0.1, 0.15) is 12.5 Å². The molecule has 0 radical (unpaired) electrons. The fraction of sp³-hybridized carbons (Fsp3) is 0.250. The van der Waals surface area contributed by atoms with Crippen LogP contribution in [0.25, 0.3) is 0 Å². The first-order chi connectivity index (χ1) is 5.16. The molecule has 60 valence electrons. The van der Waals surface area contributed by atoms with Crippen LogP contribution in [0.15, 0.2) is 12.1 Å². The zero-order valence-corrected chi connectivity index (χ0v) is 6.82. The molecule has 0 saturated heterocycles. The topological polar surface area (TPSA) is 20.2 Å². The Morgan fingerprint density at radius 3 is 2.73 bits per heavy atom. The number of hydrogen-bond donors (Lipinski definition) is 1. The van der Waals surface area contributed by atoms with Crippen molar-refractivity contribution in [3.05, 3.63) is 28.5 Å². The van der Waals surface area contributed by atoms with Gasteiger partial charge in [-0.3, -0.25) is 0 Å². The van der Waals surface area contributed by atoms with Crippen LogP contribution in [-0.2, 0) is 6.42 Å². The van der Waals surface area contributed by atoms with E-state index in [1.54, 1.807) is 6.07 Å². The highest BCUT2D eigenvalue weighted by molar-refractivity contribution is 6.32. The van der Waals surface area contributed by atoms with Crippen molar-refractivity contribution in [2.75, 3.05) is 0 Å². The van der Waals surface area contributed by atoms with E-state index >= 15 is 0 Å². The number of aromatic hydroxyl groups is 1. The standard InChI is InChI=1S/C8H8ClFO/c1-2-5-3-4-6(9)8(11)7(5)10/h3-4,11H,2H2,1H3. The predicted octanol–water partition coefficient (Wildman–Crippen LogP) is 2.75. The molecule has 0 unspecified atom stereocenters. The minimum atomic E-state index is -0.611. The maximum Gasteiger partial charge on any atom is 0.170 e. The Hall–Kier alpha value is -0.760. The molecule has 0 aliphatic rings. The molecule has 3 heteroatoms. The van der Waals surface area contributed by atoms with E-state index in [-0.39, 0.29) is 5.02 Å². The summed E-state index contributed by atoms with van der Waals surface area (Å²) >= 11 is 5.45. The zero-order chi connectivity index (χ0) is 8.43.